The Balaban J connectivity index is 1.97. The van der Waals surface area contributed by atoms with Crippen LogP contribution in [0.3, 0.4) is 0 Å². The zero-order valence-electron chi connectivity index (χ0n) is 14.8. The number of thioether (sulfide) groups is 1. The molecule has 0 saturated carbocycles. The van der Waals surface area contributed by atoms with Gasteiger partial charge in [-0.15, -0.1) is 11.8 Å². The molecule has 2 rings (SSSR count). The van der Waals surface area contributed by atoms with E-state index in [1.165, 1.54) is 23.6 Å². The highest BCUT2D eigenvalue weighted by Gasteiger charge is 2.17. The molecule has 0 unspecified atom stereocenters. The molecular formula is C19H23NO3S2. The molecule has 4 nitrogen and oxygen atoms in total. The molecule has 0 saturated heterocycles. The standard InChI is InChI=1S/C19H23NO3S2/c1-13-5-9-17(10-6-13)24-15(3)19(21)20-14(2)16-7-11-18(12-8-16)25(4,22)23/h5-12,14-15H,1-4H3,(H,20,21)/t14-,15+/m0/s1. The third-order valence-electron chi connectivity index (χ3n) is 3.87. The van der Waals surface area contributed by atoms with Crippen LogP contribution in [-0.4, -0.2) is 25.8 Å². The van der Waals surface area contributed by atoms with Gasteiger partial charge in [0.2, 0.25) is 5.91 Å². The molecule has 0 fully saturated rings. The number of hydrogen-bond acceptors (Lipinski definition) is 4. The van der Waals surface area contributed by atoms with Crippen molar-refractivity contribution in [2.75, 3.05) is 6.26 Å². The van der Waals surface area contributed by atoms with Crippen LogP contribution in [0.4, 0.5) is 0 Å². The third kappa shape index (κ3) is 5.61. The number of hydrogen-bond donors (Lipinski definition) is 1. The van der Waals surface area contributed by atoms with Crippen LogP contribution < -0.4 is 5.32 Å². The average Bonchev–Trinajstić information content (AvgIpc) is 2.56. The summed E-state index contributed by atoms with van der Waals surface area (Å²) >= 11 is 1.51. The summed E-state index contributed by atoms with van der Waals surface area (Å²) in [5.74, 6) is -0.0507. The Morgan fingerprint density at radius 3 is 2.08 bits per heavy atom. The van der Waals surface area contributed by atoms with E-state index in [9.17, 15) is 13.2 Å². The summed E-state index contributed by atoms with van der Waals surface area (Å²) in [6.45, 7) is 5.79. The molecule has 134 valence electrons. The molecule has 0 aromatic heterocycles. The van der Waals surface area contributed by atoms with Crippen LogP contribution in [0, 0.1) is 6.92 Å². The molecule has 0 aliphatic heterocycles. The molecule has 0 radical (unpaired) electrons. The summed E-state index contributed by atoms with van der Waals surface area (Å²) in [6, 6.07) is 14.5. The minimum absolute atomic E-state index is 0.0507. The average molecular weight is 378 g/mol. The second-order valence-corrected chi connectivity index (χ2v) is 9.57. The lowest BCUT2D eigenvalue weighted by atomic mass is 10.1. The van der Waals surface area contributed by atoms with E-state index in [1.807, 2.05) is 45.0 Å². The molecule has 2 aromatic carbocycles. The predicted molar refractivity (Wildman–Crippen MR) is 103 cm³/mol. The van der Waals surface area contributed by atoms with Crippen molar-refractivity contribution in [3.8, 4) is 0 Å². The summed E-state index contributed by atoms with van der Waals surface area (Å²) in [6.07, 6.45) is 1.18. The topological polar surface area (TPSA) is 63.2 Å². The molecule has 0 bridgehead atoms. The van der Waals surface area contributed by atoms with Gasteiger partial charge in [0.05, 0.1) is 16.2 Å². The number of carbonyl (C=O) groups is 1. The Labute approximate surface area is 154 Å². The van der Waals surface area contributed by atoms with Crippen LogP contribution >= 0.6 is 11.8 Å². The van der Waals surface area contributed by atoms with Gasteiger partial charge in [-0.2, -0.15) is 0 Å². The Hall–Kier alpha value is -1.79. The highest BCUT2D eigenvalue weighted by Crippen LogP contribution is 2.24. The Morgan fingerprint density at radius 2 is 1.56 bits per heavy atom. The number of aryl methyl sites for hydroxylation is 1. The van der Waals surface area contributed by atoms with Gasteiger partial charge in [-0.3, -0.25) is 4.79 Å². The molecule has 0 heterocycles. The molecule has 1 amide bonds. The number of rotatable bonds is 6. The quantitative estimate of drug-likeness (QED) is 0.779. The lowest BCUT2D eigenvalue weighted by Gasteiger charge is -2.18. The minimum Gasteiger partial charge on any atom is -0.349 e. The summed E-state index contributed by atoms with van der Waals surface area (Å²) in [5.41, 5.74) is 2.06. The summed E-state index contributed by atoms with van der Waals surface area (Å²) < 4.78 is 23.0. The van der Waals surface area contributed by atoms with Crippen molar-refractivity contribution in [3.63, 3.8) is 0 Å². The number of carbonyl (C=O) groups excluding carboxylic acids is 1. The van der Waals surface area contributed by atoms with Crippen molar-refractivity contribution in [1.29, 1.82) is 0 Å². The lowest BCUT2D eigenvalue weighted by Crippen LogP contribution is -2.33. The van der Waals surface area contributed by atoms with Crippen LogP contribution in [0.15, 0.2) is 58.3 Å². The SMILES string of the molecule is Cc1ccc(S[C@H](C)C(=O)N[C@@H](C)c2ccc(S(C)(=O)=O)cc2)cc1. The lowest BCUT2D eigenvalue weighted by molar-refractivity contribution is -0.120. The first-order valence-corrected chi connectivity index (χ1v) is 10.8. The summed E-state index contributed by atoms with van der Waals surface area (Å²) in [4.78, 5) is 13.7. The van der Waals surface area contributed by atoms with Crippen molar-refractivity contribution in [2.45, 2.75) is 41.9 Å². The van der Waals surface area contributed by atoms with E-state index in [2.05, 4.69) is 5.32 Å². The van der Waals surface area contributed by atoms with E-state index < -0.39 is 9.84 Å². The van der Waals surface area contributed by atoms with Gasteiger partial charge in [-0.1, -0.05) is 29.8 Å². The van der Waals surface area contributed by atoms with Gasteiger partial charge >= 0.3 is 0 Å². The first-order valence-electron chi connectivity index (χ1n) is 8.00. The van der Waals surface area contributed by atoms with Gasteiger partial charge in [-0.25, -0.2) is 8.42 Å². The van der Waals surface area contributed by atoms with Crippen molar-refractivity contribution in [1.82, 2.24) is 5.32 Å². The molecule has 2 atom stereocenters. The highest BCUT2D eigenvalue weighted by atomic mass is 32.2. The van der Waals surface area contributed by atoms with Crippen LogP contribution in [0.5, 0.6) is 0 Å². The zero-order chi connectivity index (χ0) is 18.6. The van der Waals surface area contributed by atoms with E-state index in [4.69, 9.17) is 0 Å². The molecule has 2 aromatic rings. The van der Waals surface area contributed by atoms with Gasteiger partial charge in [0.1, 0.15) is 0 Å². The molecule has 25 heavy (non-hydrogen) atoms. The largest absolute Gasteiger partial charge is 0.349 e. The first-order chi connectivity index (χ1) is 11.7. The van der Waals surface area contributed by atoms with Crippen molar-refractivity contribution in [2.24, 2.45) is 0 Å². The smallest absolute Gasteiger partial charge is 0.233 e. The number of amides is 1. The monoisotopic (exact) mass is 377 g/mol. The fourth-order valence-electron chi connectivity index (χ4n) is 2.29. The second kappa shape index (κ2) is 8.06. The van der Waals surface area contributed by atoms with E-state index >= 15 is 0 Å². The molecule has 0 spiro atoms. The summed E-state index contributed by atoms with van der Waals surface area (Å²) in [5, 5.41) is 2.75. The van der Waals surface area contributed by atoms with E-state index in [-0.39, 0.29) is 22.1 Å². The minimum atomic E-state index is -3.21. The van der Waals surface area contributed by atoms with E-state index in [1.54, 1.807) is 24.3 Å². The predicted octanol–water partition coefficient (Wildman–Crippen LogP) is 3.76. The molecule has 0 aliphatic carbocycles. The highest BCUT2D eigenvalue weighted by molar-refractivity contribution is 8.00. The third-order valence-corrected chi connectivity index (χ3v) is 6.11. The second-order valence-electron chi connectivity index (χ2n) is 6.14. The van der Waals surface area contributed by atoms with Crippen LogP contribution in [0.2, 0.25) is 0 Å². The number of sulfone groups is 1. The van der Waals surface area contributed by atoms with Crippen molar-refractivity contribution in [3.05, 3.63) is 59.7 Å². The number of benzene rings is 2. The van der Waals surface area contributed by atoms with Gasteiger partial charge < -0.3 is 5.32 Å². The maximum Gasteiger partial charge on any atom is 0.233 e. The zero-order valence-corrected chi connectivity index (χ0v) is 16.4. The van der Waals surface area contributed by atoms with E-state index in [0.717, 1.165) is 10.5 Å². The molecule has 1 N–H and O–H groups in total. The molecule has 6 heteroatoms. The first kappa shape index (κ1) is 19.5. The normalized spacial score (nSPS) is 13.9. The van der Waals surface area contributed by atoms with E-state index in [0.29, 0.717) is 0 Å². The van der Waals surface area contributed by atoms with Crippen LogP contribution in [0.1, 0.15) is 31.0 Å². The molecule has 0 aliphatic rings. The molecular weight excluding hydrogens is 354 g/mol. The van der Waals surface area contributed by atoms with Gasteiger partial charge in [0.15, 0.2) is 9.84 Å². The van der Waals surface area contributed by atoms with Gasteiger partial charge in [-0.05, 0) is 50.6 Å². The Kier molecular flexibility index (Phi) is 6.30. The van der Waals surface area contributed by atoms with Crippen LogP contribution in [0.25, 0.3) is 0 Å². The maximum absolute atomic E-state index is 12.4. The Morgan fingerprint density at radius 1 is 1.00 bits per heavy atom. The fraction of sp³-hybridized carbons (Fsp3) is 0.316. The Bertz CT molecular complexity index is 828. The van der Waals surface area contributed by atoms with Crippen molar-refractivity contribution >= 4 is 27.5 Å². The van der Waals surface area contributed by atoms with Gasteiger partial charge in [0.25, 0.3) is 0 Å². The fourth-order valence-corrected chi connectivity index (χ4v) is 3.80. The van der Waals surface area contributed by atoms with Gasteiger partial charge in [0, 0.05) is 11.2 Å². The summed E-state index contributed by atoms with van der Waals surface area (Å²) in [7, 11) is -3.21. The van der Waals surface area contributed by atoms with Crippen LogP contribution in [-0.2, 0) is 14.6 Å². The van der Waals surface area contributed by atoms with Crippen molar-refractivity contribution < 1.29 is 13.2 Å². The number of nitrogens with one attached hydrogen (secondary N) is 1. The maximum atomic E-state index is 12.4.